The second kappa shape index (κ2) is 4.63. The molecule has 3 nitrogen and oxygen atoms in total. The first kappa shape index (κ1) is 12.1. The van der Waals surface area contributed by atoms with E-state index in [1.807, 2.05) is 6.07 Å². The third kappa shape index (κ3) is 1.86. The fourth-order valence-electron chi connectivity index (χ4n) is 2.10. The second-order valence-electron chi connectivity index (χ2n) is 4.28. The van der Waals surface area contributed by atoms with Gasteiger partial charge in [-0.15, -0.1) is 0 Å². The first-order chi connectivity index (χ1) is 9.70. The molecule has 3 aromatic rings. The van der Waals surface area contributed by atoms with Gasteiger partial charge in [-0.2, -0.15) is 5.26 Å². The molecule has 0 spiro atoms. The van der Waals surface area contributed by atoms with Crippen molar-refractivity contribution < 1.29 is 8.81 Å². The number of nitrogens with zero attached hydrogens (tertiary/aromatic N) is 1. The summed E-state index contributed by atoms with van der Waals surface area (Å²) < 4.78 is 18.6. The Balaban J connectivity index is 2.36. The fourth-order valence-corrected chi connectivity index (χ4v) is 2.10. The van der Waals surface area contributed by atoms with Crippen LogP contribution >= 0.6 is 0 Å². The first-order valence-corrected chi connectivity index (χ1v) is 5.91. The summed E-state index contributed by atoms with van der Waals surface area (Å²) >= 11 is 0. The third-order valence-electron chi connectivity index (χ3n) is 3.07. The molecule has 0 bridgehead atoms. The van der Waals surface area contributed by atoms with Crippen molar-refractivity contribution >= 4 is 11.0 Å². The molecule has 0 unspecified atom stereocenters. The molecule has 0 amide bonds. The zero-order valence-corrected chi connectivity index (χ0v) is 10.3. The lowest BCUT2D eigenvalue weighted by molar-refractivity contribution is 0.598. The molecule has 0 saturated heterocycles. The smallest absolute Gasteiger partial charge is 0.200 e. The van der Waals surface area contributed by atoms with Gasteiger partial charge in [-0.3, -0.25) is 4.79 Å². The highest BCUT2D eigenvalue weighted by atomic mass is 19.1. The quantitative estimate of drug-likeness (QED) is 0.677. The number of nitriles is 1. The minimum absolute atomic E-state index is 0.162. The van der Waals surface area contributed by atoms with Crippen LogP contribution in [-0.2, 0) is 0 Å². The molecule has 0 N–H and O–H groups in total. The minimum atomic E-state index is -0.504. The second-order valence-corrected chi connectivity index (χ2v) is 4.28. The Labute approximate surface area is 113 Å². The van der Waals surface area contributed by atoms with Crippen LogP contribution in [0.5, 0.6) is 0 Å². The van der Waals surface area contributed by atoms with Crippen LogP contribution in [0.2, 0.25) is 0 Å². The van der Waals surface area contributed by atoms with Crippen molar-refractivity contribution in [3.05, 3.63) is 70.3 Å². The molecule has 0 fully saturated rings. The molecule has 2 aromatic carbocycles. The lowest BCUT2D eigenvalue weighted by atomic mass is 10.0. The average molecular weight is 265 g/mol. The zero-order chi connectivity index (χ0) is 14.1. The Morgan fingerprint density at radius 3 is 2.70 bits per heavy atom. The summed E-state index contributed by atoms with van der Waals surface area (Å²) in [6.07, 6.45) is 1.30. The summed E-state index contributed by atoms with van der Waals surface area (Å²) in [6, 6.07) is 12.5. The van der Waals surface area contributed by atoms with Crippen LogP contribution in [0.1, 0.15) is 5.56 Å². The number of benzene rings is 2. The summed E-state index contributed by atoms with van der Waals surface area (Å²) in [7, 11) is 0. The maximum Gasteiger partial charge on any atom is 0.200 e. The van der Waals surface area contributed by atoms with Gasteiger partial charge in [-0.1, -0.05) is 18.2 Å². The third-order valence-corrected chi connectivity index (χ3v) is 3.07. The van der Waals surface area contributed by atoms with Crippen LogP contribution in [-0.4, -0.2) is 0 Å². The normalized spacial score (nSPS) is 10.4. The molecule has 0 aliphatic rings. The van der Waals surface area contributed by atoms with Gasteiger partial charge in [0.25, 0.3) is 0 Å². The molecular weight excluding hydrogens is 257 g/mol. The van der Waals surface area contributed by atoms with E-state index in [1.54, 1.807) is 24.3 Å². The molecule has 0 aliphatic heterocycles. The molecule has 0 saturated carbocycles. The molecule has 3 rings (SSSR count). The summed E-state index contributed by atoms with van der Waals surface area (Å²) in [4.78, 5) is 12.4. The van der Waals surface area contributed by atoms with E-state index in [0.29, 0.717) is 16.7 Å². The summed E-state index contributed by atoms with van der Waals surface area (Å²) in [5.74, 6) is -0.504. The van der Waals surface area contributed by atoms with Crippen LogP contribution in [0.25, 0.3) is 22.1 Å². The Kier molecular flexibility index (Phi) is 2.81. The Bertz CT molecular complexity index is 906. The SMILES string of the molecule is N#Cc1ccccc1-c1coc2ccc(F)cc2c1=O. The van der Waals surface area contributed by atoms with Crippen molar-refractivity contribution in [2.45, 2.75) is 0 Å². The van der Waals surface area contributed by atoms with E-state index < -0.39 is 5.82 Å². The molecule has 96 valence electrons. The maximum absolute atomic E-state index is 13.3. The van der Waals surface area contributed by atoms with Gasteiger partial charge in [0.2, 0.25) is 5.43 Å². The number of rotatable bonds is 1. The highest BCUT2D eigenvalue weighted by molar-refractivity contribution is 5.82. The summed E-state index contributed by atoms with van der Waals surface area (Å²) in [5, 5.41) is 9.25. The Morgan fingerprint density at radius 1 is 1.10 bits per heavy atom. The lowest BCUT2D eigenvalue weighted by Crippen LogP contribution is -2.06. The van der Waals surface area contributed by atoms with E-state index in [-0.39, 0.29) is 16.4 Å². The van der Waals surface area contributed by atoms with Crippen molar-refractivity contribution in [2.24, 2.45) is 0 Å². The van der Waals surface area contributed by atoms with Crippen LogP contribution in [0.4, 0.5) is 4.39 Å². The van der Waals surface area contributed by atoms with Gasteiger partial charge in [0.15, 0.2) is 0 Å². The molecule has 0 radical (unpaired) electrons. The van der Waals surface area contributed by atoms with E-state index in [0.717, 1.165) is 6.07 Å². The van der Waals surface area contributed by atoms with Crippen molar-refractivity contribution in [1.82, 2.24) is 0 Å². The molecule has 1 aromatic heterocycles. The molecule has 1 heterocycles. The predicted octanol–water partition coefficient (Wildman–Crippen LogP) is 3.47. The van der Waals surface area contributed by atoms with Gasteiger partial charge in [0, 0.05) is 5.56 Å². The van der Waals surface area contributed by atoms with Crippen molar-refractivity contribution in [3.63, 3.8) is 0 Å². The van der Waals surface area contributed by atoms with Gasteiger partial charge in [0.05, 0.1) is 22.6 Å². The number of hydrogen-bond donors (Lipinski definition) is 0. The monoisotopic (exact) mass is 265 g/mol. The highest BCUT2D eigenvalue weighted by Gasteiger charge is 2.12. The number of halogens is 1. The van der Waals surface area contributed by atoms with E-state index in [4.69, 9.17) is 9.68 Å². The Morgan fingerprint density at radius 2 is 1.90 bits per heavy atom. The number of hydrogen-bond acceptors (Lipinski definition) is 3. The molecular formula is C16H8FNO2. The maximum atomic E-state index is 13.3. The molecule has 0 aliphatic carbocycles. The van der Waals surface area contributed by atoms with Crippen LogP contribution in [0.15, 0.2) is 57.9 Å². The largest absolute Gasteiger partial charge is 0.463 e. The van der Waals surface area contributed by atoms with Crippen molar-refractivity contribution in [3.8, 4) is 17.2 Å². The van der Waals surface area contributed by atoms with Crippen LogP contribution < -0.4 is 5.43 Å². The van der Waals surface area contributed by atoms with Crippen molar-refractivity contribution in [2.75, 3.05) is 0 Å². The standard InChI is InChI=1S/C16H8FNO2/c17-11-5-6-15-13(7-11)16(19)14(9-20-15)12-4-2-1-3-10(12)8-18/h1-7,9H. The summed E-state index contributed by atoms with van der Waals surface area (Å²) in [5.41, 5.74) is 1.06. The highest BCUT2D eigenvalue weighted by Crippen LogP contribution is 2.23. The van der Waals surface area contributed by atoms with E-state index >= 15 is 0 Å². The van der Waals surface area contributed by atoms with E-state index in [1.165, 1.54) is 18.4 Å². The summed E-state index contributed by atoms with van der Waals surface area (Å²) in [6.45, 7) is 0. The lowest BCUT2D eigenvalue weighted by Gasteiger charge is -2.04. The molecule has 4 heteroatoms. The fraction of sp³-hybridized carbons (Fsp3) is 0. The van der Waals surface area contributed by atoms with Gasteiger partial charge in [-0.25, -0.2) is 4.39 Å². The van der Waals surface area contributed by atoms with Crippen molar-refractivity contribution in [1.29, 1.82) is 5.26 Å². The molecule has 0 atom stereocenters. The average Bonchev–Trinajstić information content (AvgIpc) is 2.48. The van der Waals surface area contributed by atoms with Crippen LogP contribution in [0, 0.1) is 17.1 Å². The van der Waals surface area contributed by atoms with E-state index in [9.17, 15) is 9.18 Å². The Hall–Kier alpha value is -2.93. The van der Waals surface area contributed by atoms with E-state index in [2.05, 4.69) is 0 Å². The zero-order valence-electron chi connectivity index (χ0n) is 10.3. The van der Waals surface area contributed by atoms with Gasteiger partial charge in [-0.05, 0) is 24.3 Å². The topological polar surface area (TPSA) is 54.0 Å². The predicted molar refractivity (Wildman–Crippen MR) is 72.6 cm³/mol. The first-order valence-electron chi connectivity index (χ1n) is 5.91. The van der Waals surface area contributed by atoms with Gasteiger partial charge < -0.3 is 4.42 Å². The number of fused-ring (bicyclic) bond motifs is 1. The minimum Gasteiger partial charge on any atom is -0.463 e. The van der Waals surface area contributed by atoms with Crippen LogP contribution in [0.3, 0.4) is 0 Å². The van der Waals surface area contributed by atoms with Gasteiger partial charge in [0.1, 0.15) is 17.7 Å². The molecule has 20 heavy (non-hydrogen) atoms. The van der Waals surface area contributed by atoms with Gasteiger partial charge >= 0.3 is 0 Å².